The zero-order chi connectivity index (χ0) is 39.1. The van der Waals surface area contributed by atoms with E-state index in [0.717, 1.165) is 50.5 Å². The van der Waals surface area contributed by atoms with Crippen molar-refractivity contribution in [1.29, 1.82) is 0 Å². The topological polar surface area (TPSA) is 134 Å². The van der Waals surface area contributed by atoms with E-state index in [1.807, 2.05) is 0 Å². The van der Waals surface area contributed by atoms with Gasteiger partial charge in [-0.2, -0.15) is 0 Å². The fraction of sp³-hybridized carbons (Fsp3) is 0.750. The fourth-order valence-electron chi connectivity index (χ4n) is 13.1. The maximum Gasteiger partial charge on any atom is 0.309 e. The Bertz CT molecular complexity index is 1680. The van der Waals surface area contributed by atoms with E-state index in [1.54, 1.807) is 50.2 Å². The SMILES string of the molecule is CC(C)C1=C2[C@H]3CC[C@@H]4[C@@]5(C)CC[C@H](OC(=O)CC(C)(C)C(=O)O)C(C)(C)[C@@H]5CC[C@@]4(C)[C@]3(C)CC[C@@]2([C@@H](O)CN(C)C(=O)c2ccccn2)CC1=O. The first-order chi connectivity index (χ1) is 24.6. The van der Waals surface area contributed by atoms with Gasteiger partial charge in [0.05, 0.1) is 17.9 Å². The van der Waals surface area contributed by atoms with E-state index in [9.17, 15) is 29.4 Å². The predicted molar refractivity (Wildman–Crippen MR) is 203 cm³/mol. The number of carbonyl (C=O) groups is 4. The zero-order valence-corrected chi connectivity index (χ0v) is 33.9. The first-order valence-corrected chi connectivity index (χ1v) is 20.1. The van der Waals surface area contributed by atoms with Crippen molar-refractivity contribution in [1.82, 2.24) is 9.88 Å². The molecule has 4 fully saturated rings. The predicted octanol–water partition coefficient (Wildman–Crippen LogP) is 7.91. The summed E-state index contributed by atoms with van der Waals surface area (Å²) in [5.41, 5.74) is 0.227. The number of aliphatic hydroxyl groups excluding tert-OH is 1. The summed E-state index contributed by atoms with van der Waals surface area (Å²) in [6, 6.07) is 5.25. The molecule has 1 amide bonds. The van der Waals surface area contributed by atoms with Gasteiger partial charge in [0, 0.05) is 37.0 Å². The number of pyridine rings is 1. The van der Waals surface area contributed by atoms with Crippen molar-refractivity contribution in [2.45, 2.75) is 139 Å². The van der Waals surface area contributed by atoms with Gasteiger partial charge >= 0.3 is 11.9 Å². The number of nitrogens with zero attached hydrogens (tertiary/aromatic N) is 2. The molecule has 2 N–H and O–H groups in total. The largest absolute Gasteiger partial charge is 0.481 e. The summed E-state index contributed by atoms with van der Waals surface area (Å²) in [7, 11) is 1.71. The van der Waals surface area contributed by atoms with Gasteiger partial charge < -0.3 is 19.8 Å². The minimum Gasteiger partial charge on any atom is -0.481 e. The molecule has 1 aromatic rings. The van der Waals surface area contributed by atoms with Crippen LogP contribution in [-0.2, 0) is 19.1 Å². The third-order valence-corrected chi connectivity index (χ3v) is 16.2. The summed E-state index contributed by atoms with van der Waals surface area (Å²) in [6.45, 7) is 19.5. The molecule has 0 unspecified atom stereocenters. The lowest BCUT2D eigenvalue weighted by Crippen LogP contribution is -2.66. The van der Waals surface area contributed by atoms with E-state index in [2.05, 4.69) is 53.5 Å². The van der Waals surface area contributed by atoms with Gasteiger partial charge in [0.1, 0.15) is 11.8 Å². The van der Waals surface area contributed by atoms with E-state index < -0.39 is 28.9 Å². The molecule has 6 rings (SSSR count). The molecule has 0 spiro atoms. The highest BCUT2D eigenvalue weighted by Crippen LogP contribution is 2.77. The molecule has 292 valence electrons. The Kier molecular flexibility index (Phi) is 9.94. The van der Waals surface area contributed by atoms with Gasteiger partial charge in [0.15, 0.2) is 5.78 Å². The summed E-state index contributed by atoms with van der Waals surface area (Å²) in [5, 5.41) is 21.9. The number of aliphatic hydroxyl groups is 1. The van der Waals surface area contributed by atoms with Crippen LogP contribution >= 0.6 is 0 Å². The second-order valence-electron chi connectivity index (χ2n) is 20.0. The second-order valence-corrected chi connectivity index (χ2v) is 20.0. The number of ether oxygens (including phenoxy) is 1. The van der Waals surface area contributed by atoms with E-state index >= 15 is 0 Å². The summed E-state index contributed by atoms with van der Waals surface area (Å²) in [4.78, 5) is 58.1. The van der Waals surface area contributed by atoms with Crippen LogP contribution in [0.15, 0.2) is 35.5 Å². The molecule has 5 aliphatic rings. The van der Waals surface area contributed by atoms with Crippen molar-refractivity contribution in [3.05, 3.63) is 41.2 Å². The Morgan fingerprint density at radius 2 is 1.66 bits per heavy atom. The van der Waals surface area contributed by atoms with Crippen LogP contribution in [0.1, 0.15) is 137 Å². The molecular weight excluding hydrogens is 668 g/mol. The number of rotatable bonds is 9. The number of allylic oxidation sites excluding steroid dienone is 1. The van der Waals surface area contributed by atoms with Gasteiger partial charge in [0.2, 0.25) is 0 Å². The maximum absolute atomic E-state index is 14.1. The van der Waals surface area contributed by atoms with Crippen molar-refractivity contribution < 1.29 is 34.1 Å². The molecule has 1 heterocycles. The fourth-order valence-corrected chi connectivity index (χ4v) is 13.1. The number of esters is 1. The van der Waals surface area contributed by atoms with E-state index in [-0.39, 0.29) is 64.3 Å². The van der Waals surface area contributed by atoms with Gasteiger partial charge in [0.25, 0.3) is 5.91 Å². The highest BCUT2D eigenvalue weighted by molar-refractivity contribution is 6.01. The van der Waals surface area contributed by atoms with Crippen molar-refractivity contribution in [3.63, 3.8) is 0 Å². The monoisotopic (exact) mass is 732 g/mol. The maximum atomic E-state index is 14.1. The number of carbonyl (C=O) groups excluding carboxylic acids is 3. The van der Waals surface area contributed by atoms with Crippen LogP contribution in [0.5, 0.6) is 0 Å². The number of hydrogen-bond acceptors (Lipinski definition) is 7. The Balaban J connectivity index is 1.28. The first kappa shape index (κ1) is 39.6. The molecule has 0 bridgehead atoms. The molecule has 4 saturated carbocycles. The zero-order valence-electron chi connectivity index (χ0n) is 33.9. The number of aliphatic carboxylic acids is 1. The number of carboxylic acids is 1. The molecule has 1 aromatic heterocycles. The number of Topliss-reactive ketones (excluding diaryl/α,β-unsaturated/α-hetero) is 1. The minimum absolute atomic E-state index is 0.00412. The Morgan fingerprint density at radius 1 is 0.962 bits per heavy atom. The van der Waals surface area contributed by atoms with Gasteiger partial charge in [-0.3, -0.25) is 24.2 Å². The van der Waals surface area contributed by atoms with Crippen LogP contribution in [0, 0.1) is 56.2 Å². The Labute approximate surface area is 316 Å². The van der Waals surface area contributed by atoms with Crippen LogP contribution in [0.25, 0.3) is 0 Å². The normalized spacial score (nSPS) is 36.9. The number of carboxylic acid groups (broad SMARTS) is 1. The number of likely N-dealkylation sites (N-methyl/N-ethyl adjacent to an activating group) is 1. The third-order valence-electron chi connectivity index (χ3n) is 16.2. The quantitative estimate of drug-likeness (QED) is 0.245. The average molecular weight is 733 g/mol. The lowest BCUT2D eigenvalue weighted by Gasteiger charge is -2.72. The van der Waals surface area contributed by atoms with Crippen molar-refractivity contribution >= 4 is 23.6 Å². The number of ketones is 1. The first-order valence-electron chi connectivity index (χ1n) is 20.1. The van der Waals surface area contributed by atoms with Crippen molar-refractivity contribution in [2.75, 3.05) is 13.6 Å². The summed E-state index contributed by atoms with van der Waals surface area (Å²) in [6.07, 6.45) is 7.96. The van der Waals surface area contributed by atoms with Gasteiger partial charge in [-0.15, -0.1) is 0 Å². The van der Waals surface area contributed by atoms with Crippen LogP contribution in [-0.4, -0.2) is 69.5 Å². The van der Waals surface area contributed by atoms with Crippen LogP contribution in [0.4, 0.5) is 0 Å². The molecule has 9 heteroatoms. The van der Waals surface area contributed by atoms with Crippen molar-refractivity contribution in [3.8, 4) is 0 Å². The molecule has 0 aliphatic heterocycles. The highest BCUT2D eigenvalue weighted by Gasteiger charge is 2.71. The lowest BCUT2D eigenvalue weighted by atomic mass is 9.33. The van der Waals surface area contributed by atoms with E-state index in [0.29, 0.717) is 30.4 Å². The molecule has 0 radical (unpaired) electrons. The van der Waals surface area contributed by atoms with Gasteiger partial charge in [-0.05, 0) is 123 Å². The molecule has 0 saturated heterocycles. The van der Waals surface area contributed by atoms with Crippen molar-refractivity contribution in [2.24, 2.45) is 56.2 Å². The van der Waals surface area contributed by atoms with Crippen LogP contribution in [0.3, 0.4) is 0 Å². The molecule has 9 atom stereocenters. The molecular formula is C44H64N2O7. The number of amides is 1. The molecule has 53 heavy (non-hydrogen) atoms. The third kappa shape index (κ3) is 6.01. The van der Waals surface area contributed by atoms with Gasteiger partial charge in [-0.1, -0.05) is 60.1 Å². The minimum atomic E-state index is -1.18. The molecule has 0 aromatic carbocycles. The van der Waals surface area contributed by atoms with Crippen LogP contribution in [0.2, 0.25) is 0 Å². The summed E-state index contributed by atoms with van der Waals surface area (Å²) < 4.78 is 6.15. The smallest absolute Gasteiger partial charge is 0.309 e. The highest BCUT2D eigenvalue weighted by atomic mass is 16.5. The Morgan fingerprint density at radius 3 is 2.28 bits per heavy atom. The van der Waals surface area contributed by atoms with E-state index in [4.69, 9.17) is 4.74 Å². The summed E-state index contributed by atoms with van der Waals surface area (Å²) >= 11 is 0. The Hall–Kier alpha value is -3.07. The number of hydrogen-bond donors (Lipinski definition) is 2. The molecule has 5 aliphatic carbocycles. The standard InChI is InChI=1S/C44H64N2O7/c1-26(2)35-29(47)23-44(32(48)25-46(10)37(50)28-13-11-12-22-45-28)21-20-42(8)27(36(35)44)14-15-31-41(7)18-17-33(53-34(49)24-39(3,4)38(51)52)40(5,6)30(41)16-19-43(31,42)9/h11-13,22,26-27,30-33,48H,14-21,23-25H2,1-10H3,(H,51,52)/t27-,30+,31-,32+,33+,41+,42-,43-,44+/m1/s1. The van der Waals surface area contributed by atoms with E-state index in [1.165, 1.54) is 5.57 Å². The average Bonchev–Trinajstić information content (AvgIpc) is 3.39. The second kappa shape index (κ2) is 13.3. The van der Waals surface area contributed by atoms with Crippen LogP contribution < -0.4 is 0 Å². The van der Waals surface area contributed by atoms with Gasteiger partial charge in [-0.25, -0.2) is 0 Å². The number of fused-ring (bicyclic) bond motifs is 7. The number of aromatic nitrogens is 1. The molecule has 9 nitrogen and oxygen atoms in total. The lowest BCUT2D eigenvalue weighted by molar-refractivity contribution is -0.235. The summed E-state index contributed by atoms with van der Waals surface area (Å²) in [5.74, 6) is -0.545.